The first-order valence-corrected chi connectivity index (χ1v) is 23.3. The average molecular weight is 559 g/mol. The molecule has 1 N–H and O–H groups in total. The Labute approximate surface area is 205 Å². The van der Waals surface area contributed by atoms with E-state index >= 15 is 0 Å². The summed E-state index contributed by atoms with van der Waals surface area (Å²) in [6.07, 6.45) is 1.78. The summed E-state index contributed by atoms with van der Waals surface area (Å²) in [5, 5.41) is 16.9. The largest absolute Gasteiger partial charge is 0.396 e. The molecule has 0 spiro atoms. The predicted octanol–water partition coefficient (Wildman–Crippen LogP) is 8.36. The molecule has 0 aliphatic heterocycles. The molecule has 32 heavy (non-hydrogen) atoms. The zero-order valence-electron chi connectivity index (χ0n) is 18.5. The van der Waals surface area contributed by atoms with Crippen molar-refractivity contribution in [3.8, 4) is 0 Å². The summed E-state index contributed by atoms with van der Waals surface area (Å²) in [6.45, 7) is 4.59. The zero-order chi connectivity index (χ0) is 22.9. The third-order valence-electron chi connectivity index (χ3n) is 5.28. The molecule has 0 amide bonds. The van der Waals surface area contributed by atoms with Crippen LogP contribution in [0, 0.1) is 0 Å². The van der Waals surface area contributed by atoms with Gasteiger partial charge in [0.2, 0.25) is 0 Å². The van der Waals surface area contributed by atoms with Gasteiger partial charge in [-0.2, -0.15) is 17.5 Å². The van der Waals surface area contributed by atoms with Crippen molar-refractivity contribution in [1.29, 1.82) is 0 Å². The van der Waals surface area contributed by atoms with Gasteiger partial charge in [0, 0.05) is 6.61 Å². The fourth-order valence-electron chi connectivity index (χ4n) is 3.60. The number of hydrogen-bond acceptors (Lipinski definition) is 1. The minimum Gasteiger partial charge on any atom is -0.396 e. The van der Waals surface area contributed by atoms with Gasteiger partial charge in [0.15, 0.2) is 0 Å². The Bertz CT molecular complexity index is 1270. The number of rotatable bonds is 3. The van der Waals surface area contributed by atoms with E-state index in [2.05, 4.69) is 104 Å². The fraction of sp³-hybridized carbons (Fsp3) is 0.185. The molecule has 0 heterocycles. The molecule has 0 unspecified atom stereocenters. The second kappa shape index (κ2) is 12.9. The SMILES string of the molecule is C[Si](C)=[Zr]([Cl])[Cl].OCCCc1cccc2c1[cH-]c1ccccc12.c1ccc2[cH-]ccc2c1. The van der Waals surface area contributed by atoms with Crippen LogP contribution in [0.5, 0.6) is 0 Å². The van der Waals surface area contributed by atoms with E-state index in [9.17, 15) is 0 Å². The maximum atomic E-state index is 8.94. The monoisotopic (exact) mass is 556 g/mol. The normalized spacial score (nSPS) is 10.4. The summed E-state index contributed by atoms with van der Waals surface area (Å²) in [5.41, 5.74) is 1.12. The molecule has 0 aliphatic carbocycles. The molecule has 1 nitrogen and oxygen atoms in total. The molecule has 0 atom stereocenters. The molecule has 0 bridgehead atoms. The van der Waals surface area contributed by atoms with E-state index in [1.165, 1.54) is 37.9 Å². The molecule has 5 aromatic rings. The predicted molar refractivity (Wildman–Crippen MR) is 141 cm³/mol. The standard InChI is InChI=1S/C16H15O.C9H7.C2H6Si.2ClH.Zr/c17-10-4-7-12-6-3-9-15-14-8-2-1-5-13(14)11-16(12)15;1-2-5-9-7-3-6-8(9)4-1;1-3-2;;;/h1-3,5-6,8-9,11,17H,4,7,10H2;1-7H;1-2H3;2*1H;/q2*-1;;;;+2/p-2. The van der Waals surface area contributed by atoms with Crippen molar-refractivity contribution < 1.29 is 23.1 Å². The van der Waals surface area contributed by atoms with E-state index in [1.54, 1.807) is 0 Å². The minimum absolute atomic E-state index is 0.224. The van der Waals surface area contributed by atoms with E-state index in [0.717, 1.165) is 12.8 Å². The second-order valence-corrected chi connectivity index (χ2v) is 30.8. The van der Waals surface area contributed by atoms with Gasteiger partial charge in [-0.3, -0.25) is 0 Å². The Kier molecular flexibility index (Phi) is 10.2. The Hall–Kier alpha value is -1.22. The number of benzene rings is 3. The van der Waals surface area contributed by atoms with Crippen LogP contribution in [0.3, 0.4) is 0 Å². The number of aryl methyl sites for hydroxylation is 1. The minimum atomic E-state index is -1.65. The molecule has 0 aromatic heterocycles. The smallest absolute Gasteiger partial charge is 0.0428 e. The van der Waals surface area contributed by atoms with Crippen LogP contribution in [0.2, 0.25) is 13.1 Å². The van der Waals surface area contributed by atoms with Crippen LogP contribution in [0.4, 0.5) is 0 Å². The van der Waals surface area contributed by atoms with Crippen molar-refractivity contribution in [2.75, 3.05) is 6.61 Å². The van der Waals surface area contributed by atoms with Crippen molar-refractivity contribution >= 4 is 54.8 Å². The Morgan fingerprint density at radius 1 is 0.844 bits per heavy atom. The molecular formula is C27H28Cl2OSiZr-2. The van der Waals surface area contributed by atoms with Gasteiger partial charge >= 0.3 is 53.5 Å². The molecule has 5 heteroatoms. The second-order valence-electron chi connectivity index (χ2n) is 7.85. The van der Waals surface area contributed by atoms with Crippen LogP contribution >= 0.6 is 17.0 Å². The van der Waals surface area contributed by atoms with Gasteiger partial charge in [-0.15, -0.1) is 68.9 Å². The van der Waals surface area contributed by atoms with Crippen molar-refractivity contribution in [3.05, 3.63) is 96.6 Å². The summed E-state index contributed by atoms with van der Waals surface area (Å²) in [6, 6.07) is 31.9. The van der Waals surface area contributed by atoms with Gasteiger partial charge in [0.05, 0.1) is 0 Å². The molecule has 0 saturated carbocycles. The summed E-state index contributed by atoms with van der Waals surface area (Å²) >= 11 is -1.65. The van der Waals surface area contributed by atoms with Crippen molar-refractivity contribution in [2.24, 2.45) is 0 Å². The summed E-state index contributed by atoms with van der Waals surface area (Å²) < 4.78 is 0. The first-order chi connectivity index (χ1) is 15.5. The zero-order valence-corrected chi connectivity index (χ0v) is 23.5. The maximum Gasteiger partial charge on any atom is 0.0428 e. The molecule has 0 radical (unpaired) electrons. The molecular weight excluding hydrogens is 531 g/mol. The number of halogens is 2. The third kappa shape index (κ3) is 6.89. The topological polar surface area (TPSA) is 20.2 Å². The van der Waals surface area contributed by atoms with Gasteiger partial charge in [0.25, 0.3) is 0 Å². The van der Waals surface area contributed by atoms with E-state index in [4.69, 9.17) is 22.1 Å². The Balaban J connectivity index is 0.000000161. The Morgan fingerprint density at radius 2 is 1.50 bits per heavy atom. The number of aliphatic hydroxyl groups is 1. The summed E-state index contributed by atoms with van der Waals surface area (Å²) in [5.74, 6) is 0. The molecule has 166 valence electrons. The maximum absolute atomic E-state index is 8.94. The van der Waals surface area contributed by atoms with Crippen LogP contribution in [0.1, 0.15) is 12.0 Å². The van der Waals surface area contributed by atoms with Crippen LogP contribution in [-0.2, 0) is 24.4 Å². The van der Waals surface area contributed by atoms with Crippen molar-refractivity contribution in [2.45, 2.75) is 25.9 Å². The van der Waals surface area contributed by atoms with Crippen LogP contribution < -0.4 is 0 Å². The third-order valence-corrected chi connectivity index (χ3v) is 25.0. The van der Waals surface area contributed by atoms with E-state index in [1.807, 2.05) is 0 Å². The molecule has 0 aliphatic rings. The van der Waals surface area contributed by atoms with Crippen molar-refractivity contribution in [3.63, 3.8) is 0 Å². The van der Waals surface area contributed by atoms with Gasteiger partial charge in [-0.1, -0.05) is 48.9 Å². The van der Waals surface area contributed by atoms with Gasteiger partial charge < -0.3 is 5.11 Å². The van der Waals surface area contributed by atoms with Gasteiger partial charge in [-0.25, -0.2) is 0 Å². The number of hydrogen-bond donors (Lipinski definition) is 1. The van der Waals surface area contributed by atoms with E-state index < -0.39 is 18.0 Å². The van der Waals surface area contributed by atoms with Crippen LogP contribution in [0.25, 0.3) is 32.3 Å². The van der Waals surface area contributed by atoms with E-state index in [0.29, 0.717) is 0 Å². The molecule has 5 rings (SSSR count). The summed E-state index contributed by atoms with van der Waals surface area (Å²) in [7, 11) is 11.2. The van der Waals surface area contributed by atoms with Gasteiger partial charge in [-0.05, 0) is 6.42 Å². The van der Waals surface area contributed by atoms with Crippen molar-refractivity contribution in [1.82, 2.24) is 0 Å². The molecule has 5 aromatic carbocycles. The molecule has 0 saturated heterocycles. The summed E-state index contributed by atoms with van der Waals surface area (Å²) in [4.78, 5) is 0. The fourth-order valence-corrected chi connectivity index (χ4v) is 3.60. The first kappa shape index (κ1) is 25.4. The van der Waals surface area contributed by atoms with E-state index in [-0.39, 0.29) is 12.0 Å². The molecule has 0 fully saturated rings. The average Bonchev–Trinajstić information content (AvgIpc) is 3.43. The van der Waals surface area contributed by atoms with Crippen LogP contribution in [0.15, 0.2) is 91.0 Å². The Morgan fingerprint density at radius 3 is 2.19 bits per heavy atom. The van der Waals surface area contributed by atoms with Gasteiger partial charge in [0.1, 0.15) is 0 Å². The number of aliphatic hydroxyl groups excluding tert-OH is 1. The quantitative estimate of drug-likeness (QED) is 0.174. The first-order valence-electron chi connectivity index (χ1n) is 10.8. The van der Waals surface area contributed by atoms with Crippen LogP contribution in [-0.4, -0.2) is 17.1 Å². The number of fused-ring (bicyclic) bond motifs is 4.